The average Bonchev–Trinajstić information content (AvgIpc) is 3.07. The maximum Gasteiger partial charge on any atom is 0.223 e. The third-order valence-corrected chi connectivity index (χ3v) is 4.48. The molecule has 0 saturated carbocycles. The molecule has 3 rings (SSSR count). The predicted molar refractivity (Wildman–Crippen MR) is 102 cm³/mol. The highest BCUT2D eigenvalue weighted by Gasteiger charge is 2.21. The normalized spacial score (nSPS) is 19.5. The summed E-state index contributed by atoms with van der Waals surface area (Å²) in [6.07, 6.45) is 2.75. The molecule has 1 aromatic heterocycles. The molecule has 2 unspecified atom stereocenters. The maximum atomic E-state index is 5.98. The lowest BCUT2D eigenvalue weighted by Gasteiger charge is -2.15. The molecule has 140 valence electrons. The van der Waals surface area contributed by atoms with Crippen molar-refractivity contribution in [3.05, 3.63) is 48.2 Å². The van der Waals surface area contributed by atoms with Crippen LogP contribution in [0, 0.1) is 5.92 Å². The van der Waals surface area contributed by atoms with Crippen molar-refractivity contribution in [2.45, 2.75) is 32.9 Å². The molecular formula is C20H28N4O2. The summed E-state index contributed by atoms with van der Waals surface area (Å²) in [7, 11) is 0. The topological polar surface area (TPSA) is 67.4 Å². The van der Waals surface area contributed by atoms with Gasteiger partial charge in [0, 0.05) is 43.4 Å². The monoisotopic (exact) mass is 356 g/mol. The molecular weight excluding hydrogens is 328 g/mol. The van der Waals surface area contributed by atoms with Gasteiger partial charge in [0.05, 0.1) is 6.61 Å². The van der Waals surface area contributed by atoms with Gasteiger partial charge in [-0.15, -0.1) is 0 Å². The fourth-order valence-corrected chi connectivity index (χ4v) is 2.87. The number of nitrogens with one attached hydrogen (secondary N) is 3. The fourth-order valence-electron chi connectivity index (χ4n) is 2.87. The quantitative estimate of drug-likeness (QED) is 0.642. The summed E-state index contributed by atoms with van der Waals surface area (Å²) in [5.74, 6) is 2.83. The zero-order valence-corrected chi connectivity index (χ0v) is 15.5. The highest BCUT2D eigenvalue weighted by molar-refractivity contribution is 5.35. The molecule has 0 spiro atoms. The molecule has 0 bridgehead atoms. The second-order valence-corrected chi connectivity index (χ2v) is 6.59. The lowest BCUT2D eigenvalue weighted by molar-refractivity contribution is 0.317. The minimum absolute atomic E-state index is 0.473. The maximum absolute atomic E-state index is 5.98. The van der Waals surface area contributed by atoms with Crippen LogP contribution in [0.25, 0.3) is 0 Å². The smallest absolute Gasteiger partial charge is 0.223 e. The molecule has 1 saturated heterocycles. The number of pyridine rings is 1. The minimum Gasteiger partial charge on any atom is -0.494 e. The number of aromatic nitrogens is 1. The Morgan fingerprint density at radius 3 is 2.73 bits per heavy atom. The second-order valence-electron chi connectivity index (χ2n) is 6.59. The van der Waals surface area contributed by atoms with Crippen LogP contribution >= 0.6 is 0 Å². The number of nitrogens with zero attached hydrogens (tertiary/aromatic N) is 1. The molecule has 2 aromatic rings. The molecule has 6 nitrogen and oxygen atoms in total. The molecule has 0 radical (unpaired) electrons. The Morgan fingerprint density at radius 2 is 2.00 bits per heavy atom. The zero-order chi connectivity index (χ0) is 18.2. The van der Waals surface area contributed by atoms with Crippen LogP contribution in [0.1, 0.15) is 25.8 Å². The Kier molecular flexibility index (Phi) is 6.82. The van der Waals surface area contributed by atoms with E-state index in [4.69, 9.17) is 9.47 Å². The van der Waals surface area contributed by atoms with Gasteiger partial charge in [-0.05, 0) is 43.7 Å². The van der Waals surface area contributed by atoms with Crippen molar-refractivity contribution in [2.75, 3.05) is 19.7 Å². The van der Waals surface area contributed by atoms with Crippen LogP contribution in [0.5, 0.6) is 17.4 Å². The van der Waals surface area contributed by atoms with Gasteiger partial charge < -0.3 is 14.8 Å². The molecule has 0 aliphatic carbocycles. The molecule has 6 heteroatoms. The minimum atomic E-state index is 0.473. The van der Waals surface area contributed by atoms with E-state index in [0.717, 1.165) is 49.7 Å². The summed E-state index contributed by atoms with van der Waals surface area (Å²) in [5.41, 5.74) is 7.48. The molecule has 1 aliphatic rings. The van der Waals surface area contributed by atoms with Gasteiger partial charge in [-0.25, -0.2) is 4.98 Å². The molecule has 3 N–H and O–H groups in total. The Morgan fingerprint density at radius 1 is 1.19 bits per heavy atom. The van der Waals surface area contributed by atoms with E-state index in [1.54, 1.807) is 6.20 Å². The summed E-state index contributed by atoms with van der Waals surface area (Å²) in [5, 5.41) is 3.51. The van der Waals surface area contributed by atoms with E-state index >= 15 is 0 Å². The summed E-state index contributed by atoms with van der Waals surface area (Å²) < 4.78 is 11.6. The predicted octanol–water partition coefficient (Wildman–Crippen LogP) is 2.86. The summed E-state index contributed by atoms with van der Waals surface area (Å²) >= 11 is 0. The lowest BCUT2D eigenvalue weighted by atomic mass is 10.0. The third kappa shape index (κ3) is 5.17. The molecule has 1 fully saturated rings. The summed E-state index contributed by atoms with van der Waals surface area (Å²) in [4.78, 5) is 4.39. The first-order valence-electron chi connectivity index (χ1n) is 9.30. The van der Waals surface area contributed by atoms with Crippen LogP contribution in [0.3, 0.4) is 0 Å². The standard InChI is InChI=1S/C20H28N4O2/c1-3-11-25-18-6-8-19(9-7-18)26-20-16(5-4-10-22-20)12-21-13-17-14-23-24-15(17)2/h4-10,15,17,21,23-24H,3,11-14H2,1-2H3. The molecule has 2 heterocycles. The van der Waals surface area contributed by atoms with Crippen molar-refractivity contribution in [1.82, 2.24) is 21.2 Å². The Balaban J connectivity index is 1.56. The van der Waals surface area contributed by atoms with Gasteiger partial charge in [0.1, 0.15) is 11.5 Å². The number of benzene rings is 1. The number of ether oxygens (including phenoxy) is 2. The van der Waals surface area contributed by atoms with Gasteiger partial charge in [-0.2, -0.15) is 0 Å². The van der Waals surface area contributed by atoms with Crippen LogP contribution in [0.2, 0.25) is 0 Å². The van der Waals surface area contributed by atoms with E-state index in [9.17, 15) is 0 Å². The van der Waals surface area contributed by atoms with Crippen molar-refractivity contribution in [1.29, 1.82) is 0 Å². The van der Waals surface area contributed by atoms with Crippen LogP contribution < -0.4 is 25.6 Å². The van der Waals surface area contributed by atoms with Crippen LogP contribution in [0.15, 0.2) is 42.6 Å². The largest absolute Gasteiger partial charge is 0.494 e. The first kappa shape index (κ1) is 18.6. The van der Waals surface area contributed by atoms with Crippen molar-refractivity contribution in [3.8, 4) is 17.4 Å². The van der Waals surface area contributed by atoms with E-state index in [1.165, 1.54) is 0 Å². The first-order valence-corrected chi connectivity index (χ1v) is 9.30. The Labute approximate surface area is 155 Å². The number of hydrazine groups is 1. The van der Waals surface area contributed by atoms with E-state index in [1.807, 2.05) is 36.4 Å². The number of rotatable bonds is 9. The van der Waals surface area contributed by atoms with Crippen LogP contribution in [-0.2, 0) is 6.54 Å². The van der Waals surface area contributed by atoms with Crippen LogP contribution in [0.4, 0.5) is 0 Å². The van der Waals surface area contributed by atoms with E-state index in [-0.39, 0.29) is 0 Å². The first-order chi connectivity index (χ1) is 12.8. The SMILES string of the molecule is CCCOc1ccc(Oc2ncccc2CNCC2CNNC2C)cc1. The molecule has 0 amide bonds. The van der Waals surface area contributed by atoms with Crippen molar-refractivity contribution in [3.63, 3.8) is 0 Å². The fraction of sp³-hybridized carbons (Fsp3) is 0.450. The van der Waals surface area contributed by atoms with Gasteiger partial charge >= 0.3 is 0 Å². The van der Waals surface area contributed by atoms with E-state index in [0.29, 0.717) is 17.8 Å². The highest BCUT2D eigenvalue weighted by atomic mass is 16.5. The summed E-state index contributed by atoms with van der Waals surface area (Å²) in [6.45, 7) is 7.66. The van der Waals surface area contributed by atoms with E-state index in [2.05, 4.69) is 35.0 Å². The second kappa shape index (κ2) is 9.52. The van der Waals surface area contributed by atoms with Gasteiger partial charge in [-0.1, -0.05) is 13.0 Å². The number of hydrogen-bond acceptors (Lipinski definition) is 6. The van der Waals surface area contributed by atoms with E-state index < -0.39 is 0 Å². The average molecular weight is 356 g/mol. The Hall–Kier alpha value is -2.15. The van der Waals surface area contributed by atoms with Gasteiger partial charge in [0.2, 0.25) is 5.88 Å². The third-order valence-electron chi connectivity index (χ3n) is 4.48. The van der Waals surface area contributed by atoms with Crippen molar-refractivity contribution >= 4 is 0 Å². The van der Waals surface area contributed by atoms with Crippen molar-refractivity contribution < 1.29 is 9.47 Å². The molecule has 1 aliphatic heterocycles. The van der Waals surface area contributed by atoms with Crippen molar-refractivity contribution in [2.24, 2.45) is 5.92 Å². The zero-order valence-electron chi connectivity index (χ0n) is 15.5. The van der Waals surface area contributed by atoms with Gasteiger partial charge in [0.15, 0.2) is 0 Å². The van der Waals surface area contributed by atoms with Crippen LogP contribution in [-0.4, -0.2) is 30.7 Å². The number of hydrogen-bond donors (Lipinski definition) is 3. The van der Waals surface area contributed by atoms with Gasteiger partial charge in [0.25, 0.3) is 0 Å². The highest BCUT2D eigenvalue weighted by Crippen LogP contribution is 2.25. The molecule has 1 aromatic carbocycles. The lowest BCUT2D eigenvalue weighted by Crippen LogP contribution is -2.32. The Bertz CT molecular complexity index is 678. The van der Waals surface area contributed by atoms with Gasteiger partial charge in [-0.3, -0.25) is 10.9 Å². The molecule has 2 atom stereocenters. The summed E-state index contributed by atoms with van der Waals surface area (Å²) in [6, 6.07) is 12.1. The molecule has 26 heavy (non-hydrogen) atoms.